The van der Waals surface area contributed by atoms with E-state index in [4.69, 9.17) is 21.5 Å². The number of primary sulfonamides is 1. The van der Waals surface area contributed by atoms with Crippen molar-refractivity contribution in [1.82, 2.24) is 0 Å². The van der Waals surface area contributed by atoms with Crippen LogP contribution in [0.2, 0.25) is 5.02 Å². The molecule has 3 aromatic carbocycles. The van der Waals surface area contributed by atoms with Crippen molar-refractivity contribution >= 4 is 43.2 Å². The van der Waals surface area contributed by atoms with E-state index in [0.717, 1.165) is 27.0 Å². The van der Waals surface area contributed by atoms with Crippen molar-refractivity contribution in [3.63, 3.8) is 0 Å². The first-order valence-electron chi connectivity index (χ1n) is 8.34. The van der Waals surface area contributed by atoms with Gasteiger partial charge in [0.2, 0.25) is 10.0 Å². The quantitative estimate of drug-likeness (QED) is 0.501. The molecule has 0 unspecified atom stereocenters. The lowest BCUT2D eigenvalue weighted by molar-refractivity contribution is 0.304. The lowest BCUT2D eigenvalue weighted by Gasteiger charge is -2.11. The molecule has 0 heterocycles. The van der Waals surface area contributed by atoms with E-state index in [0.29, 0.717) is 18.2 Å². The van der Waals surface area contributed by atoms with Crippen LogP contribution in [0.25, 0.3) is 0 Å². The van der Waals surface area contributed by atoms with Crippen LogP contribution in [0, 0.1) is 0 Å². The van der Waals surface area contributed by atoms with Crippen LogP contribution in [0.1, 0.15) is 11.1 Å². The first kappa shape index (κ1) is 20.7. The van der Waals surface area contributed by atoms with Gasteiger partial charge in [0.15, 0.2) is 0 Å². The van der Waals surface area contributed by atoms with E-state index in [2.05, 4.69) is 21.2 Å². The lowest BCUT2D eigenvalue weighted by Crippen LogP contribution is -2.12. The Labute approximate surface area is 177 Å². The fraction of sp³-hybridized carbons (Fsp3) is 0.100. The normalized spacial score (nSPS) is 11.2. The smallest absolute Gasteiger partial charge is 0.238 e. The van der Waals surface area contributed by atoms with Crippen molar-refractivity contribution in [2.24, 2.45) is 5.14 Å². The maximum atomic E-state index is 11.3. The maximum Gasteiger partial charge on any atom is 0.238 e. The topological polar surface area (TPSA) is 81.4 Å². The molecule has 0 aromatic heterocycles. The summed E-state index contributed by atoms with van der Waals surface area (Å²) >= 11 is 9.42. The Kier molecular flexibility index (Phi) is 6.61. The number of benzene rings is 3. The highest BCUT2D eigenvalue weighted by Gasteiger charge is 2.07. The van der Waals surface area contributed by atoms with Crippen molar-refractivity contribution in [3.8, 4) is 5.75 Å². The molecule has 0 bridgehead atoms. The van der Waals surface area contributed by atoms with Crippen LogP contribution in [0.15, 0.2) is 76.1 Å². The zero-order valence-electron chi connectivity index (χ0n) is 14.7. The number of nitrogens with two attached hydrogens (primary N) is 1. The largest absolute Gasteiger partial charge is 0.488 e. The molecule has 5 nitrogen and oxygen atoms in total. The second kappa shape index (κ2) is 8.96. The molecule has 8 heteroatoms. The van der Waals surface area contributed by atoms with Crippen molar-refractivity contribution in [1.29, 1.82) is 0 Å². The third-order valence-corrected chi connectivity index (χ3v) is 5.78. The van der Waals surface area contributed by atoms with Crippen LogP contribution in [0.3, 0.4) is 0 Å². The van der Waals surface area contributed by atoms with Gasteiger partial charge in [-0.3, -0.25) is 0 Å². The molecule has 0 saturated carbocycles. The molecule has 0 saturated heterocycles. The molecule has 0 aliphatic heterocycles. The zero-order chi connectivity index (χ0) is 20.1. The van der Waals surface area contributed by atoms with Crippen molar-refractivity contribution in [2.45, 2.75) is 18.0 Å². The third-order valence-electron chi connectivity index (χ3n) is 3.98. The molecule has 0 amide bonds. The summed E-state index contributed by atoms with van der Waals surface area (Å²) in [4.78, 5) is 0.0861. The summed E-state index contributed by atoms with van der Waals surface area (Å²) in [7, 11) is -3.68. The van der Waals surface area contributed by atoms with E-state index in [1.54, 1.807) is 12.1 Å². The summed E-state index contributed by atoms with van der Waals surface area (Å²) < 4.78 is 29.3. The van der Waals surface area contributed by atoms with Gasteiger partial charge in [0.25, 0.3) is 0 Å². The Morgan fingerprint density at radius 2 is 1.61 bits per heavy atom. The number of hydrogen-bond acceptors (Lipinski definition) is 4. The van der Waals surface area contributed by atoms with Gasteiger partial charge in [-0.05, 0) is 75.6 Å². The number of ether oxygens (including phenoxy) is 1. The Morgan fingerprint density at radius 1 is 0.964 bits per heavy atom. The fourth-order valence-electron chi connectivity index (χ4n) is 2.48. The lowest BCUT2D eigenvalue weighted by atomic mass is 10.2. The van der Waals surface area contributed by atoms with E-state index in [-0.39, 0.29) is 4.90 Å². The molecule has 3 N–H and O–H groups in total. The van der Waals surface area contributed by atoms with Gasteiger partial charge in [0.05, 0.1) is 9.37 Å². The van der Waals surface area contributed by atoms with Crippen LogP contribution in [-0.2, 0) is 23.2 Å². The van der Waals surface area contributed by atoms with E-state index in [1.807, 2.05) is 42.5 Å². The standard InChI is InChI=1S/C20H18BrClN2O3S/c21-19-11-15(12-24-17-6-8-18(9-7-17)28(23,25)26)3-10-20(19)27-13-14-1-4-16(22)5-2-14/h1-11,24H,12-13H2,(H2,23,25,26). The van der Waals surface area contributed by atoms with Gasteiger partial charge in [-0.25, -0.2) is 13.6 Å². The highest BCUT2D eigenvalue weighted by molar-refractivity contribution is 9.10. The molecule has 0 radical (unpaired) electrons. The van der Waals surface area contributed by atoms with Crippen LogP contribution in [-0.4, -0.2) is 8.42 Å². The second-order valence-corrected chi connectivity index (χ2v) is 8.96. The SMILES string of the molecule is NS(=O)(=O)c1ccc(NCc2ccc(OCc3ccc(Cl)cc3)c(Br)c2)cc1. The Bertz CT molecular complexity index is 1060. The summed E-state index contributed by atoms with van der Waals surface area (Å²) in [6, 6.07) is 19.7. The molecular weight excluding hydrogens is 464 g/mol. The molecule has 0 aliphatic rings. The summed E-state index contributed by atoms with van der Waals surface area (Å²) in [5.74, 6) is 0.746. The molecule has 0 fully saturated rings. The average molecular weight is 482 g/mol. The van der Waals surface area contributed by atoms with Crippen molar-refractivity contribution in [3.05, 3.63) is 87.4 Å². The van der Waals surface area contributed by atoms with Gasteiger partial charge >= 0.3 is 0 Å². The Balaban J connectivity index is 1.58. The third kappa shape index (κ3) is 5.72. The summed E-state index contributed by atoms with van der Waals surface area (Å²) in [6.45, 7) is 1.02. The van der Waals surface area contributed by atoms with Gasteiger partial charge < -0.3 is 10.1 Å². The number of hydrogen-bond donors (Lipinski definition) is 2. The summed E-state index contributed by atoms with van der Waals surface area (Å²) in [5.41, 5.74) is 2.87. The highest BCUT2D eigenvalue weighted by Crippen LogP contribution is 2.27. The molecule has 0 atom stereocenters. The van der Waals surface area contributed by atoms with Gasteiger partial charge in [-0.1, -0.05) is 29.8 Å². The number of sulfonamides is 1. The molecule has 0 aliphatic carbocycles. The number of anilines is 1. The minimum absolute atomic E-state index is 0.0861. The van der Waals surface area contributed by atoms with Gasteiger partial charge in [-0.15, -0.1) is 0 Å². The zero-order valence-corrected chi connectivity index (χ0v) is 17.9. The van der Waals surface area contributed by atoms with E-state index in [1.165, 1.54) is 12.1 Å². The highest BCUT2D eigenvalue weighted by atomic mass is 79.9. The molecule has 28 heavy (non-hydrogen) atoms. The predicted molar refractivity (Wildman–Crippen MR) is 115 cm³/mol. The summed E-state index contributed by atoms with van der Waals surface area (Å²) in [5, 5.41) is 9.03. The van der Waals surface area contributed by atoms with E-state index >= 15 is 0 Å². The van der Waals surface area contributed by atoms with Crippen LogP contribution in [0.5, 0.6) is 5.75 Å². The van der Waals surface area contributed by atoms with Crippen molar-refractivity contribution < 1.29 is 13.2 Å². The van der Waals surface area contributed by atoms with Gasteiger partial charge in [0.1, 0.15) is 12.4 Å². The van der Waals surface area contributed by atoms with Crippen LogP contribution >= 0.6 is 27.5 Å². The molecular formula is C20H18BrClN2O3S. The average Bonchev–Trinajstić information content (AvgIpc) is 2.66. The number of rotatable bonds is 7. The molecule has 3 rings (SSSR count). The Hall–Kier alpha value is -2.06. The minimum Gasteiger partial charge on any atom is -0.488 e. The fourth-order valence-corrected chi connectivity index (χ4v) is 3.66. The van der Waals surface area contributed by atoms with Crippen LogP contribution < -0.4 is 15.2 Å². The van der Waals surface area contributed by atoms with E-state index < -0.39 is 10.0 Å². The van der Waals surface area contributed by atoms with Crippen molar-refractivity contribution in [2.75, 3.05) is 5.32 Å². The number of nitrogens with one attached hydrogen (secondary N) is 1. The maximum absolute atomic E-state index is 11.3. The van der Waals surface area contributed by atoms with Crippen LogP contribution in [0.4, 0.5) is 5.69 Å². The first-order valence-corrected chi connectivity index (χ1v) is 11.1. The molecule has 0 spiro atoms. The number of halogens is 2. The molecule has 3 aromatic rings. The van der Waals surface area contributed by atoms with Gasteiger partial charge in [-0.2, -0.15) is 0 Å². The second-order valence-electron chi connectivity index (χ2n) is 6.10. The van der Waals surface area contributed by atoms with Gasteiger partial charge in [0, 0.05) is 17.3 Å². The monoisotopic (exact) mass is 480 g/mol. The van der Waals surface area contributed by atoms with E-state index in [9.17, 15) is 8.42 Å². The molecule has 146 valence electrons. The summed E-state index contributed by atoms with van der Waals surface area (Å²) in [6.07, 6.45) is 0. The predicted octanol–water partition coefficient (Wildman–Crippen LogP) is 4.94. The first-order chi connectivity index (χ1) is 13.3. The Morgan fingerprint density at radius 3 is 2.21 bits per heavy atom. The minimum atomic E-state index is -3.68.